The maximum atomic E-state index is 13.0. The highest BCUT2D eigenvalue weighted by molar-refractivity contribution is 6.43. The van der Waals surface area contributed by atoms with Crippen molar-refractivity contribution in [2.45, 2.75) is 50.5 Å². The van der Waals surface area contributed by atoms with Crippen LogP contribution in [-0.2, 0) is 52.6 Å². The van der Waals surface area contributed by atoms with Gasteiger partial charge >= 0.3 is 25.0 Å². The molecule has 2 fully saturated rings. The number of carboxylic acid groups (broad SMARTS) is 3. The number of carbonyl (C=O) groups excluding carboxylic acids is 6. The number of nitrogens with zero attached hydrogens (tertiary/aromatic N) is 6. The van der Waals surface area contributed by atoms with Crippen molar-refractivity contribution >= 4 is 71.8 Å². The quantitative estimate of drug-likeness (QED) is 0.0185. The number of hydrogen-bond donors (Lipinski definition) is 9. The Balaban J connectivity index is 0.998. The first-order chi connectivity index (χ1) is 37.5. The summed E-state index contributed by atoms with van der Waals surface area (Å²) in [6.07, 6.45) is 4.62. The van der Waals surface area contributed by atoms with Crippen LogP contribution >= 0.6 is 0 Å². The third-order valence-electron chi connectivity index (χ3n) is 12.6. The van der Waals surface area contributed by atoms with Crippen molar-refractivity contribution in [2.24, 2.45) is 0 Å². The monoisotopic (exact) mass is 1100 g/mol. The van der Waals surface area contributed by atoms with Crippen LogP contribution in [0.4, 0.5) is 0 Å². The molecular formula is C49H75BN10O18. The van der Waals surface area contributed by atoms with Crippen molar-refractivity contribution < 1.29 is 87.5 Å². The number of aromatic nitrogens is 1. The number of nitrogens with one attached hydrogen (secondary N) is 4. The van der Waals surface area contributed by atoms with Gasteiger partial charge in [-0.25, -0.2) is 0 Å². The molecule has 0 radical (unpaired) electrons. The molecular weight excluding hydrogens is 1030 g/mol. The molecule has 29 heteroatoms. The molecule has 2 saturated heterocycles. The number of aldehydes is 1. The number of likely N-dealkylation sites (tertiary alicyclic amines) is 1. The van der Waals surface area contributed by atoms with Crippen LogP contribution in [0.1, 0.15) is 48.9 Å². The van der Waals surface area contributed by atoms with Gasteiger partial charge in [0.25, 0.3) is 11.8 Å². The lowest BCUT2D eigenvalue weighted by Gasteiger charge is -2.32. The third-order valence-corrected chi connectivity index (χ3v) is 12.6. The van der Waals surface area contributed by atoms with Crippen LogP contribution in [0.3, 0.4) is 0 Å². The van der Waals surface area contributed by atoms with Crippen molar-refractivity contribution in [1.29, 1.82) is 0 Å². The second-order valence-corrected chi connectivity index (χ2v) is 18.6. The Labute approximate surface area is 452 Å². The standard InChI is InChI=1S/C49H75BN10O18/c61-34-36(4-1-2-10-52-43(63)30-56-14-16-57(31-46(66)67)18-20-59(33-48(70)71)21-19-58(17-15-56)32-47(68)69)55-42(62)9-22-75-24-26-77-27-25-76-23-12-53-44(64)35-78-37-6-7-38-39(8-11-51-40(38)28-37)49(72)54-29-45(65)60-13-3-5-41(60)50(73)74/h6-8,11,28,34,36,41,73-74H,1-5,9-10,12-27,29-33,35H2,(H,52,63)(H,53,64)(H,54,72)(H,55,62)(H,66,67)(H,68,69)(H,70,71). The molecule has 5 amide bonds. The van der Waals surface area contributed by atoms with E-state index in [1.165, 1.54) is 17.2 Å². The molecule has 2 aliphatic rings. The zero-order valence-electron chi connectivity index (χ0n) is 43.9. The summed E-state index contributed by atoms with van der Waals surface area (Å²) in [5, 5.41) is 58.6. The zero-order valence-corrected chi connectivity index (χ0v) is 43.9. The van der Waals surface area contributed by atoms with Crippen LogP contribution in [0, 0.1) is 0 Å². The van der Waals surface area contributed by atoms with Crippen LogP contribution in [-0.4, -0.2) is 279 Å². The summed E-state index contributed by atoms with van der Waals surface area (Å²) in [5.74, 6) is -5.47. The van der Waals surface area contributed by atoms with Crippen molar-refractivity contribution in [3.63, 3.8) is 0 Å². The Morgan fingerprint density at radius 1 is 0.667 bits per heavy atom. The Bertz CT molecular complexity index is 2240. The smallest absolute Gasteiger partial charge is 0.475 e. The van der Waals surface area contributed by atoms with E-state index in [4.69, 9.17) is 18.9 Å². The summed E-state index contributed by atoms with van der Waals surface area (Å²) in [4.78, 5) is 122. The van der Waals surface area contributed by atoms with E-state index in [1.54, 1.807) is 32.9 Å². The predicted molar refractivity (Wildman–Crippen MR) is 278 cm³/mol. The van der Waals surface area contributed by atoms with Gasteiger partial charge in [-0.15, -0.1) is 0 Å². The molecule has 1 aromatic heterocycles. The van der Waals surface area contributed by atoms with E-state index in [0.29, 0.717) is 81.2 Å². The topological polar surface area (TPSA) is 369 Å². The zero-order chi connectivity index (χ0) is 56.7. The molecule has 78 heavy (non-hydrogen) atoms. The highest BCUT2D eigenvalue weighted by Crippen LogP contribution is 2.23. The van der Waals surface area contributed by atoms with Gasteiger partial charge in [-0.1, -0.05) is 0 Å². The molecule has 9 N–H and O–H groups in total. The van der Waals surface area contributed by atoms with Gasteiger partial charge in [0.05, 0.1) is 95.4 Å². The molecule has 0 spiro atoms. The summed E-state index contributed by atoms with van der Waals surface area (Å²) >= 11 is 0. The summed E-state index contributed by atoms with van der Waals surface area (Å²) in [7, 11) is -1.65. The minimum Gasteiger partial charge on any atom is -0.484 e. The van der Waals surface area contributed by atoms with Crippen LogP contribution in [0.15, 0.2) is 30.5 Å². The number of unbranched alkanes of at least 4 members (excludes halogenated alkanes) is 1. The Morgan fingerprint density at radius 3 is 1.81 bits per heavy atom. The lowest BCUT2D eigenvalue weighted by molar-refractivity contribution is -0.140. The third kappa shape index (κ3) is 25.4. The number of hydrogen-bond acceptors (Lipinski definition) is 20. The van der Waals surface area contributed by atoms with Gasteiger partial charge in [-0.2, -0.15) is 0 Å². The molecule has 3 heterocycles. The fourth-order valence-electron chi connectivity index (χ4n) is 8.56. The van der Waals surface area contributed by atoms with Crippen molar-refractivity contribution in [3.05, 3.63) is 36.0 Å². The number of aliphatic carboxylic acids is 3. The Morgan fingerprint density at radius 2 is 1.23 bits per heavy atom. The highest BCUT2D eigenvalue weighted by atomic mass is 16.5. The van der Waals surface area contributed by atoms with E-state index in [0.717, 1.165) is 0 Å². The van der Waals surface area contributed by atoms with Gasteiger partial charge in [0.1, 0.15) is 12.0 Å². The maximum absolute atomic E-state index is 13.0. The van der Waals surface area contributed by atoms with Gasteiger partial charge in [0, 0.05) is 96.1 Å². The molecule has 2 aromatic rings. The molecule has 1 aromatic carbocycles. The first-order valence-electron chi connectivity index (χ1n) is 26.0. The van der Waals surface area contributed by atoms with Crippen molar-refractivity contribution in [3.8, 4) is 5.75 Å². The number of ether oxygens (including phenoxy) is 4. The molecule has 2 aliphatic heterocycles. The summed E-state index contributed by atoms with van der Waals surface area (Å²) in [6.45, 7) is 3.01. The fourth-order valence-corrected chi connectivity index (χ4v) is 8.56. The van der Waals surface area contributed by atoms with E-state index < -0.39 is 48.8 Å². The fraction of sp³-hybridized carbons (Fsp3) is 0.633. The minimum absolute atomic E-state index is 0.0219. The Kier molecular flexibility index (Phi) is 29.5. The molecule has 2 atom stereocenters. The first-order valence-corrected chi connectivity index (χ1v) is 26.0. The van der Waals surface area contributed by atoms with Gasteiger partial charge < -0.3 is 75.3 Å². The van der Waals surface area contributed by atoms with Gasteiger partial charge in [0.15, 0.2) is 6.61 Å². The molecule has 28 nitrogen and oxygen atoms in total. The number of carboxylic acids is 3. The predicted octanol–water partition coefficient (Wildman–Crippen LogP) is -3.65. The average molecular weight is 1100 g/mol. The van der Waals surface area contributed by atoms with E-state index >= 15 is 0 Å². The van der Waals surface area contributed by atoms with E-state index in [9.17, 15) is 68.5 Å². The van der Waals surface area contributed by atoms with Crippen molar-refractivity contribution in [2.75, 3.05) is 151 Å². The first kappa shape index (κ1) is 64.1. The van der Waals surface area contributed by atoms with E-state index in [1.807, 2.05) is 4.90 Å². The number of carbonyl (C=O) groups is 9. The molecule has 0 bridgehead atoms. The van der Waals surface area contributed by atoms with Crippen LogP contribution < -0.4 is 26.0 Å². The molecule has 432 valence electrons. The summed E-state index contributed by atoms with van der Waals surface area (Å²) in [5.41, 5.74) is 0.706. The van der Waals surface area contributed by atoms with Gasteiger partial charge in [0.2, 0.25) is 17.7 Å². The van der Waals surface area contributed by atoms with Crippen LogP contribution in [0.5, 0.6) is 5.75 Å². The lowest BCUT2D eigenvalue weighted by atomic mass is 9.78. The largest absolute Gasteiger partial charge is 0.484 e. The highest BCUT2D eigenvalue weighted by Gasteiger charge is 2.36. The summed E-state index contributed by atoms with van der Waals surface area (Å²) < 4.78 is 22.1. The average Bonchev–Trinajstić information content (AvgIpc) is 3.92. The second-order valence-electron chi connectivity index (χ2n) is 18.6. The molecule has 0 saturated carbocycles. The number of fused-ring (bicyclic) bond motifs is 1. The molecule has 2 unspecified atom stereocenters. The molecule has 0 aliphatic carbocycles. The maximum Gasteiger partial charge on any atom is 0.475 e. The second kappa shape index (κ2) is 35.9. The SMILES string of the molecule is O=CC(CCCCNC(=O)CN1CCN(CC(=O)O)CCN(CC(=O)O)CCN(CC(=O)O)CC1)NC(=O)CCOCCOCCOCCNC(=O)COc1ccc2c(C(=O)NCC(=O)N3CCCC3B(O)O)ccnc2c1. The lowest BCUT2D eigenvalue weighted by Crippen LogP contribution is -2.49. The van der Waals surface area contributed by atoms with Crippen molar-refractivity contribution in [1.82, 2.24) is 50.8 Å². The van der Waals surface area contributed by atoms with E-state index in [-0.39, 0.29) is 154 Å². The number of amides is 5. The molecule has 4 rings (SSSR count). The van der Waals surface area contributed by atoms with Crippen LogP contribution in [0.2, 0.25) is 0 Å². The number of benzene rings is 1. The normalized spacial score (nSPS) is 16.5. The number of rotatable bonds is 34. The van der Waals surface area contributed by atoms with E-state index in [2.05, 4.69) is 26.3 Å². The number of pyridine rings is 1. The van der Waals surface area contributed by atoms with Crippen LogP contribution in [0.25, 0.3) is 10.9 Å². The summed E-state index contributed by atoms with van der Waals surface area (Å²) in [6, 6.07) is 5.59. The Hall–Kier alpha value is -6.44. The van der Waals surface area contributed by atoms with Gasteiger partial charge in [-0.05, 0) is 50.3 Å². The minimum atomic E-state index is -1.65. The van der Waals surface area contributed by atoms with Gasteiger partial charge in [-0.3, -0.25) is 62.9 Å².